The molecule has 0 atom stereocenters. The predicted octanol–water partition coefficient (Wildman–Crippen LogP) is 6.39. The molecule has 0 bridgehead atoms. The summed E-state index contributed by atoms with van der Waals surface area (Å²) in [6, 6.07) is 7.58. The van der Waals surface area contributed by atoms with Crippen LogP contribution in [0.4, 0.5) is 10.7 Å². The third-order valence-electron chi connectivity index (χ3n) is 7.57. The lowest BCUT2D eigenvalue weighted by molar-refractivity contribution is 0.0515. The number of alkyl carbamates (subject to hydrolysis) is 1. The maximum absolute atomic E-state index is 13.7. The van der Waals surface area contributed by atoms with Gasteiger partial charge in [-0.15, -0.1) is 0 Å². The average Bonchev–Trinajstić information content (AvgIpc) is 2.96. The van der Waals surface area contributed by atoms with Crippen molar-refractivity contribution in [2.75, 3.05) is 11.9 Å². The van der Waals surface area contributed by atoms with Crippen molar-refractivity contribution in [3.63, 3.8) is 0 Å². The van der Waals surface area contributed by atoms with Crippen molar-refractivity contribution in [3.05, 3.63) is 63.9 Å². The number of pyridine rings is 1. The van der Waals surface area contributed by atoms with E-state index in [-0.39, 0.29) is 17.7 Å². The Morgan fingerprint density at radius 3 is 2.51 bits per heavy atom. The van der Waals surface area contributed by atoms with Crippen molar-refractivity contribution in [2.24, 2.45) is 5.92 Å². The van der Waals surface area contributed by atoms with Crippen LogP contribution < -0.4 is 16.2 Å². The van der Waals surface area contributed by atoms with Gasteiger partial charge in [0.2, 0.25) is 5.95 Å². The Kier molecular flexibility index (Phi) is 8.96. The van der Waals surface area contributed by atoms with E-state index in [2.05, 4.69) is 25.6 Å². The normalized spacial score (nSPS) is 17.1. The molecule has 0 aliphatic heterocycles. The van der Waals surface area contributed by atoms with Gasteiger partial charge in [0.1, 0.15) is 11.2 Å². The van der Waals surface area contributed by atoms with Gasteiger partial charge in [0.05, 0.1) is 17.6 Å². The first kappa shape index (κ1) is 30.4. The van der Waals surface area contributed by atoms with Gasteiger partial charge in [-0.3, -0.25) is 14.3 Å². The maximum atomic E-state index is 13.7. The monoisotopic (exact) mass is 603 g/mol. The van der Waals surface area contributed by atoms with Crippen LogP contribution in [0.5, 0.6) is 0 Å². The summed E-state index contributed by atoms with van der Waals surface area (Å²) in [6.07, 6.45) is 8.58. The molecular weight excluding hydrogens is 566 g/mol. The lowest BCUT2D eigenvalue weighted by Crippen LogP contribution is -2.37. The molecule has 0 spiro atoms. The number of benzene rings is 1. The van der Waals surface area contributed by atoms with E-state index in [9.17, 15) is 9.59 Å². The van der Waals surface area contributed by atoms with Crippen molar-refractivity contribution in [1.82, 2.24) is 29.8 Å². The molecule has 1 amide bonds. The van der Waals surface area contributed by atoms with E-state index in [1.807, 2.05) is 58.9 Å². The number of fused-ring (bicyclic) bond motifs is 1. The summed E-state index contributed by atoms with van der Waals surface area (Å²) < 4.78 is 7.00. The minimum atomic E-state index is -0.508. The molecule has 0 saturated heterocycles. The van der Waals surface area contributed by atoms with Crippen molar-refractivity contribution < 1.29 is 9.53 Å². The highest BCUT2D eigenvalue weighted by atomic mass is 35.5. The molecule has 3 heterocycles. The number of carbonyl (C=O) groups excluding carboxylic acids is 1. The number of halogens is 1. The molecule has 4 aromatic rings. The van der Waals surface area contributed by atoms with Gasteiger partial charge in [0, 0.05) is 58.6 Å². The SMILES string of the molecule is CCn1c(=O)c(-c2ccc(-c3cncc(C)n3)cc2Cl)cc2cnc(NC3CCC(CNC(=O)OC(C)(C)C)CC3)nc21. The number of amides is 1. The smallest absolute Gasteiger partial charge is 0.407 e. The Bertz CT molecular complexity index is 1690. The maximum Gasteiger partial charge on any atom is 0.407 e. The fourth-order valence-electron chi connectivity index (χ4n) is 5.45. The zero-order valence-electron chi connectivity index (χ0n) is 25.3. The highest BCUT2D eigenvalue weighted by Crippen LogP contribution is 2.32. The van der Waals surface area contributed by atoms with Gasteiger partial charge < -0.3 is 15.4 Å². The number of nitrogens with one attached hydrogen (secondary N) is 2. The molecule has 2 N–H and O–H groups in total. The second-order valence-corrected chi connectivity index (χ2v) is 12.5. The number of rotatable bonds is 7. The Balaban J connectivity index is 1.30. The Morgan fingerprint density at radius 1 is 1.07 bits per heavy atom. The highest BCUT2D eigenvalue weighted by molar-refractivity contribution is 6.33. The summed E-state index contributed by atoms with van der Waals surface area (Å²) in [5.41, 5.74) is 3.39. The fourth-order valence-corrected chi connectivity index (χ4v) is 5.73. The van der Waals surface area contributed by atoms with Gasteiger partial charge in [-0.2, -0.15) is 4.98 Å². The molecule has 10 nitrogen and oxygen atoms in total. The van der Waals surface area contributed by atoms with E-state index >= 15 is 0 Å². The number of nitrogens with zero attached hydrogens (tertiary/aromatic N) is 5. The summed E-state index contributed by atoms with van der Waals surface area (Å²) in [4.78, 5) is 43.7. The zero-order chi connectivity index (χ0) is 30.7. The summed E-state index contributed by atoms with van der Waals surface area (Å²) in [6.45, 7) is 10.4. The molecule has 1 fully saturated rings. The van der Waals surface area contributed by atoms with Crippen molar-refractivity contribution >= 4 is 34.7 Å². The standard InChI is InChI=1S/C32H38ClN7O3/c1-6-40-28-22(13-25(29(40)41)24-12-9-21(14-26(24)33)27-18-34-15-19(2)37-27)17-35-30(39-28)38-23-10-7-20(8-11-23)16-36-31(42)43-32(3,4)5/h9,12-15,17-18,20,23H,6-8,10-11,16H2,1-5H3,(H,36,42)(H,35,38,39). The van der Waals surface area contributed by atoms with Crippen molar-refractivity contribution in [1.29, 1.82) is 0 Å². The highest BCUT2D eigenvalue weighted by Gasteiger charge is 2.24. The molecule has 1 aromatic carbocycles. The molecule has 43 heavy (non-hydrogen) atoms. The van der Waals surface area contributed by atoms with E-state index < -0.39 is 5.60 Å². The minimum absolute atomic E-state index is 0.164. The van der Waals surface area contributed by atoms with Crippen LogP contribution in [0.25, 0.3) is 33.4 Å². The summed E-state index contributed by atoms with van der Waals surface area (Å²) in [5, 5.41) is 7.56. The summed E-state index contributed by atoms with van der Waals surface area (Å²) in [5.74, 6) is 0.899. The van der Waals surface area contributed by atoms with Crippen LogP contribution in [0, 0.1) is 12.8 Å². The molecule has 5 rings (SSSR count). The number of hydrogen-bond acceptors (Lipinski definition) is 8. The first-order valence-corrected chi connectivity index (χ1v) is 15.1. The number of ether oxygens (including phenoxy) is 1. The molecule has 1 aliphatic carbocycles. The first-order chi connectivity index (χ1) is 20.5. The number of aryl methyl sites for hydroxylation is 2. The Labute approximate surface area is 256 Å². The zero-order valence-corrected chi connectivity index (χ0v) is 26.0. The molecule has 0 unspecified atom stereocenters. The van der Waals surface area contributed by atoms with Crippen LogP contribution in [-0.2, 0) is 11.3 Å². The molecule has 1 aliphatic rings. The van der Waals surface area contributed by atoms with Crippen LogP contribution in [-0.4, -0.2) is 48.8 Å². The molecule has 3 aromatic heterocycles. The molecule has 226 valence electrons. The largest absolute Gasteiger partial charge is 0.444 e. The van der Waals surface area contributed by atoms with Crippen LogP contribution in [0.15, 0.2) is 47.7 Å². The second-order valence-electron chi connectivity index (χ2n) is 12.1. The summed E-state index contributed by atoms with van der Waals surface area (Å²) >= 11 is 6.71. The van der Waals surface area contributed by atoms with E-state index in [0.29, 0.717) is 46.8 Å². The lowest BCUT2D eigenvalue weighted by Gasteiger charge is -2.29. The molecular formula is C32H38ClN7O3. The molecule has 11 heteroatoms. The van der Waals surface area contributed by atoms with Gasteiger partial charge >= 0.3 is 6.09 Å². The average molecular weight is 604 g/mol. The Hall–Kier alpha value is -4.05. The van der Waals surface area contributed by atoms with Gasteiger partial charge in [-0.05, 0) is 78.4 Å². The Morgan fingerprint density at radius 2 is 1.84 bits per heavy atom. The number of anilines is 1. The van der Waals surface area contributed by atoms with Crippen molar-refractivity contribution in [3.8, 4) is 22.4 Å². The number of hydrogen-bond donors (Lipinski definition) is 2. The third-order valence-corrected chi connectivity index (χ3v) is 7.88. The first-order valence-electron chi connectivity index (χ1n) is 14.7. The van der Waals surface area contributed by atoms with E-state index in [0.717, 1.165) is 48.0 Å². The quantitative estimate of drug-likeness (QED) is 0.249. The van der Waals surface area contributed by atoms with Gasteiger partial charge in [-0.25, -0.2) is 14.8 Å². The minimum Gasteiger partial charge on any atom is -0.444 e. The number of carbonyl (C=O) groups is 1. The van der Waals surface area contributed by atoms with Crippen molar-refractivity contribution in [2.45, 2.75) is 78.5 Å². The molecule has 1 saturated carbocycles. The second kappa shape index (κ2) is 12.7. The third kappa shape index (κ3) is 7.30. The van der Waals surface area contributed by atoms with E-state index in [1.165, 1.54) is 0 Å². The van der Waals surface area contributed by atoms with Crippen LogP contribution >= 0.6 is 11.6 Å². The van der Waals surface area contributed by atoms with E-state index in [1.54, 1.807) is 23.2 Å². The summed E-state index contributed by atoms with van der Waals surface area (Å²) in [7, 11) is 0. The van der Waals surface area contributed by atoms with Crippen LogP contribution in [0.3, 0.4) is 0 Å². The van der Waals surface area contributed by atoms with E-state index in [4.69, 9.17) is 21.3 Å². The van der Waals surface area contributed by atoms with Crippen LogP contribution in [0.2, 0.25) is 5.02 Å². The molecule has 0 radical (unpaired) electrons. The fraction of sp³-hybridized carbons (Fsp3) is 0.438. The van der Waals surface area contributed by atoms with Gasteiger partial charge in [0.15, 0.2) is 0 Å². The van der Waals surface area contributed by atoms with Gasteiger partial charge in [-0.1, -0.05) is 23.7 Å². The number of aromatic nitrogens is 5. The van der Waals surface area contributed by atoms with Gasteiger partial charge in [0.25, 0.3) is 5.56 Å². The van der Waals surface area contributed by atoms with Crippen LogP contribution in [0.1, 0.15) is 59.1 Å². The topological polar surface area (TPSA) is 124 Å². The predicted molar refractivity (Wildman–Crippen MR) is 169 cm³/mol. The lowest BCUT2D eigenvalue weighted by atomic mass is 9.86.